The minimum absolute atomic E-state index is 0.130. The van der Waals surface area contributed by atoms with Gasteiger partial charge in [-0.25, -0.2) is 9.97 Å². The van der Waals surface area contributed by atoms with Crippen LogP contribution in [0, 0.1) is 0 Å². The van der Waals surface area contributed by atoms with Crippen molar-refractivity contribution in [3.05, 3.63) is 53.5 Å². The number of hydrogen-bond acceptors (Lipinski definition) is 7. The van der Waals surface area contributed by atoms with Crippen LogP contribution < -0.4 is 5.32 Å². The van der Waals surface area contributed by atoms with Crippen LogP contribution in [0.15, 0.2) is 48.5 Å². The molecule has 1 amide bonds. The zero-order valence-electron chi connectivity index (χ0n) is 16.2. The minimum atomic E-state index is -0.130. The molecule has 3 heterocycles. The van der Waals surface area contributed by atoms with Crippen molar-refractivity contribution < 1.29 is 9.53 Å². The van der Waals surface area contributed by atoms with Crippen LogP contribution in [-0.2, 0) is 22.7 Å². The molecule has 0 aliphatic carbocycles. The molecule has 0 atom stereocenters. The highest BCUT2D eigenvalue weighted by Crippen LogP contribution is 2.28. The number of ether oxygens (including phenoxy) is 1. The Labute approximate surface area is 175 Å². The van der Waals surface area contributed by atoms with Gasteiger partial charge in [0.2, 0.25) is 11.0 Å². The zero-order chi connectivity index (χ0) is 20.5. The molecular weight excluding hydrogens is 400 g/mol. The number of amides is 1. The molecule has 0 aliphatic heterocycles. The Kier molecular flexibility index (Phi) is 4.82. The Morgan fingerprint density at radius 2 is 1.83 bits per heavy atom. The maximum atomic E-state index is 12.5. The van der Waals surface area contributed by atoms with Crippen molar-refractivity contribution in [3.8, 4) is 0 Å². The number of nitrogens with one attached hydrogen (secondary N) is 1. The van der Waals surface area contributed by atoms with Crippen molar-refractivity contribution in [3.63, 3.8) is 0 Å². The molecule has 8 nitrogen and oxygen atoms in total. The molecule has 0 saturated carbocycles. The van der Waals surface area contributed by atoms with E-state index < -0.39 is 0 Å². The summed E-state index contributed by atoms with van der Waals surface area (Å²) in [7, 11) is 1.59. The number of nitrogens with zero attached hydrogens (tertiary/aromatic N) is 5. The molecular formula is C21H18N6O2S. The van der Waals surface area contributed by atoms with E-state index in [2.05, 4.69) is 20.1 Å². The van der Waals surface area contributed by atoms with Crippen molar-refractivity contribution >= 4 is 55.5 Å². The van der Waals surface area contributed by atoms with E-state index in [0.29, 0.717) is 18.3 Å². The lowest BCUT2D eigenvalue weighted by molar-refractivity contribution is -0.116. The van der Waals surface area contributed by atoms with E-state index in [0.717, 1.165) is 38.1 Å². The second-order valence-electron chi connectivity index (χ2n) is 6.79. The molecule has 0 saturated heterocycles. The first-order valence-corrected chi connectivity index (χ1v) is 10.3. The fourth-order valence-corrected chi connectivity index (χ4v) is 4.22. The predicted molar refractivity (Wildman–Crippen MR) is 116 cm³/mol. The summed E-state index contributed by atoms with van der Waals surface area (Å²) in [6.07, 6.45) is 0.279. The Hall–Kier alpha value is -3.43. The van der Waals surface area contributed by atoms with E-state index >= 15 is 0 Å². The number of aromatic nitrogens is 5. The van der Waals surface area contributed by atoms with Crippen molar-refractivity contribution in [2.75, 3.05) is 12.4 Å². The molecule has 0 aliphatic rings. The zero-order valence-corrected chi connectivity index (χ0v) is 17.0. The van der Waals surface area contributed by atoms with Crippen LogP contribution >= 0.6 is 11.3 Å². The predicted octanol–water partition coefficient (Wildman–Crippen LogP) is 3.76. The molecule has 150 valence electrons. The Bertz CT molecular complexity index is 1380. The highest BCUT2D eigenvalue weighted by molar-refractivity contribution is 7.15. The van der Waals surface area contributed by atoms with Crippen LogP contribution in [0.4, 0.5) is 5.13 Å². The van der Waals surface area contributed by atoms with Gasteiger partial charge in [-0.3, -0.25) is 4.79 Å². The third-order valence-corrected chi connectivity index (χ3v) is 5.61. The molecule has 2 aromatic carbocycles. The number of carbonyl (C=O) groups excluding carboxylic acids is 1. The molecule has 5 rings (SSSR count). The molecule has 5 aromatic rings. The van der Waals surface area contributed by atoms with E-state index in [1.54, 1.807) is 7.11 Å². The Morgan fingerprint density at radius 1 is 1.07 bits per heavy atom. The molecule has 0 bridgehead atoms. The summed E-state index contributed by atoms with van der Waals surface area (Å²) in [5, 5.41) is 13.0. The van der Waals surface area contributed by atoms with E-state index in [1.807, 2.05) is 48.5 Å². The SMILES string of the molecule is COCc1nnc(NC(=O)CCn2c3ccccc3c3nc4ccccc4nc32)s1. The van der Waals surface area contributed by atoms with Gasteiger partial charge in [0, 0.05) is 25.5 Å². The van der Waals surface area contributed by atoms with E-state index in [-0.39, 0.29) is 12.3 Å². The fraction of sp³-hybridized carbons (Fsp3) is 0.190. The lowest BCUT2D eigenvalue weighted by Gasteiger charge is -2.07. The largest absolute Gasteiger partial charge is 0.377 e. The lowest BCUT2D eigenvalue weighted by atomic mass is 10.2. The third-order valence-electron chi connectivity index (χ3n) is 4.80. The van der Waals surface area contributed by atoms with Gasteiger partial charge in [0.25, 0.3) is 0 Å². The summed E-state index contributed by atoms with van der Waals surface area (Å²) in [5.74, 6) is -0.130. The van der Waals surface area contributed by atoms with Gasteiger partial charge in [-0.1, -0.05) is 41.7 Å². The number of anilines is 1. The molecule has 30 heavy (non-hydrogen) atoms. The molecule has 0 unspecified atom stereocenters. The highest BCUT2D eigenvalue weighted by Gasteiger charge is 2.15. The Morgan fingerprint density at radius 3 is 2.67 bits per heavy atom. The smallest absolute Gasteiger partial charge is 0.227 e. The van der Waals surface area contributed by atoms with Gasteiger partial charge >= 0.3 is 0 Å². The number of aryl methyl sites for hydroxylation is 1. The highest BCUT2D eigenvalue weighted by atomic mass is 32.1. The standard InChI is InChI=1S/C21H18N6O2S/c1-29-12-18-25-26-21(30-18)24-17(28)10-11-27-16-9-5-2-6-13(16)19-20(27)23-15-8-4-3-7-14(15)22-19/h2-9H,10-12H2,1H3,(H,24,26,28). The lowest BCUT2D eigenvalue weighted by Crippen LogP contribution is -2.14. The summed E-state index contributed by atoms with van der Waals surface area (Å²) in [4.78, 5) is 22.2. The molecule has 0 radical (unpaired) electrons. The van der Waals surface area contributed by atoms with E-state index in [1.165, 1.54) is 11.3 Å². The average Bonchev–Trinajstić information content (AvgIpc) is 3.33. The maximum absolute atomic E-state index is 12.5. The second kappa shape index (κ2) is 7.77. The Balaban J connectivity index is 1.45. The molecule has 1 N–H and O–H groups in total. The van der Waals surface area contributed by atoms with Crippen LogP contribution in [0.25, 0.3) is 33.1 Å². The van der Waals surface area contributed by atoms with Crippen LogP contribution in [0.5, 0.6) is 0 Å². The molecule has 9 heteroatoms. The van der Waals surface area contributed by atoms with Gasteiger partial charge in [-0.2, -0.15) is 0 Å². The first kappa shape index (κ1) is 18.6. The second-order valence-corrected chi connectivity index (χ2v) is 7.85. The minimum Gasteiger partial charge on any atom is -0.377 e. The third kappa shape index (κ3) is 3.38. The summed E-state index contributed by atoms with van der Waals surface area (Å²) in [6.45, 7) is 0.855. The number of methoxy groups -OCH3 is 1. The van der Waals surface area contributed by atoms with Crippen LogP contribution in [0.1, 0.15) is 11.4 Å². The van der Waals surface area contributed by atoms with Crippen molar-refractivity contribution in [1.29, 1.82) is 0 Å². The average molecular weight is 418 g/mol. The van der Waals surface area contributed by atoms with Crippen molar-refractivity contribution in [2.24, 2.45) is 0 Å². The summed E-state index contributed by atoms with van der Waals surface area (Å²) in [5.41, 5.74) is 4.32. The number of carbonyl (C=O) groups is 1. The van der Waals surface area contributed by atoms with Gasteiger partial charge in [0.1, 0.15) is 17.1 Å². The molecule has 0 spiro atoms. The number of para-hydroxylation sites is 3. The van der Waals surface area contributed by atoms with Gasteiger partial charge in [0.05, 0.1) is 16.6 Å². The van der Waals surface area contributed by atoms with Crippen LogP contribution in [0.3, 0.4) is 0 Å². The van der Waals surface area contributed by atoms with Crippen LogP contribution in [-0.4, -0.2) is 37.7 Å². The monoisotopic (exact) mass is 418 g/mol. The first-order valence-electron chi connectivity index (χ1n) is 9.48. The van der Waals surface area contributed by atoms with Gasteiger partial charge in [0.15, 0.2) is 5.65 Å². The topological polar surface area (TPSA) is 94.8 Å². The van der Waals surface area contributed by atoms with Crippen molar-refractivity contribution in [2.45, 2.75) is 19.6 Å². The summed E-state index contributed by atoms with van der Waals surface area (Å²) in [6, 6.07) is 15.9. The number of fused-ring (bicyclic) bond motifs is 4. The maximum Gasteiger partial charge on any atom is 0.227 e. The normalized spacial score (nSPS) is 11.5. The van der Waals surface area contributed by atoms with Gasteiger partial charge in [-0.05, 0) is 18.2 Å². The number of benzene rings is 2. The fourth-order valence-electron chi connectivity index (χ4n) is 3.49. The summed E-state index contributed by atoms with van der Waals surface area (Å²) >= 11 is 1.31. The molecule has 3 aromatic heterocycles. The van der Waals surface area contributed by atoms with E-state index in [9.17, 15) is 4.79 Å². The first-order chi connectivity index (χ1) is 14.7. The molecule has 0 fully saturated rings. The number of rotatable bonds is 6. The van der Waals surface area contributed by atoms with Crippen molar-refractivity contribution in [1.82, 2.24) is 24.7 Å². The number of hydrogen-bond donors (Lipinski definition) is 1. The van der Waals surface area contributed by atoms with E-state index in [4.69, 9.17) is 14.7 Å². The van der Waals surface area contributed by atoms with Gasteiger partial charge < -0.3 is 14.6 Å². The van der Waals surface area contributed by atoms with Gasteiger partial charge in [-0.15, -0.1) is 10.2 Å². The quantitative estimate of drug-likeness (QED) is 0.451. The summed E-state index contributed by atoms with van der Waals surface area (Å²) < 4.78 is 7.09. The van der Waals surface area contributed by atoms with Crippen LogP contribution in [0.2, 0.25) is 0 Å².